The van der Waals surface area contributed by atoms with Gasteiger partial charge in [-0.1, -0.05) is 18.8 Å². The number of hydrogen-bond donors (Lipinski definition) is 2. The molecule has 4 nitrogen and oxygen atoms in total. The minimum absolute atomic E-state index is 0.0341. The highest BCUT2D eigenvalue weighted by Crippen LogP contribution is 2.16. The Bertz CT molecular complexity index is 621. The van der Waals surface area contributed by atoms with Crippen molar-refractivity contribution in [3.63, 3.8) is 0 Å². The van der Waals surface area contributed by atoms with Gasteiger partial charge in [0.25, 0.3) is 0 Å². The molecule has 1 unspecified atom stereocenters. The molecular weight excluding hydrogens is 299 g/mol. The first-order valence-electron chi connectivity index (χ1n) is 5.91. The zero-order valence-corrected chi connectivity index (χ0v) is 12.9. The molecule has 0 heterocycles. The fourth-order valence-corrected chi connectivity index (χ4v) is 3.00. The molecule has 0 bridgehead atoms. The van der Waals surface area contributed by atoms with Gasteiger partial charge in [-0.05, 0) is 24.5 Å². The molecule has 0 saturated carbocycles. The lowest BCUT2D eigenvalue weighted by atomic mass is 10.2. The average Bonchev–Trinajstić information content (AvgIpc) is 2.42. The van der Waals surface area contributed by atoms with Gasteiger partial charge in [-0.15, -0.1) is 0 Å². The number of sulfonamides is 1. The minimum atomic E-state index is -3.72. The van der Waals surface area contributed by atoms with Crippen molar-refractivity contribution in [2.45, 2.75) is 17.1 Å². The van der Waals surface area contributed by atoms with Gasteiger partial charge in [0.15, 0.2) is 0 Å². The highest BCUT2D eigenvalue weighted by molar-refractivity contribution is 7.99. The molecule has 0 aliphatic carbocycles. The van der Waals surface area contributed by atoms with Crippen molar-refractivity contribution < 1.29 is 12.8 Å². The quantitative estimate of drug-likeness (QED) is 0.800. The molecule has 0 saturated heterocycles. The van der Waals surface area contributed by atoms with Gasteiger partial charge in [0.1, 0.15) is 5.82 Å². The van der Waals surface area contributed by atoms with E-state index in [1.807, 2.05) is 13.2 Å². The SMILES string of the molecule is CSC(C)CNS(=O)(=O)c1ccc(F)cc1C#CCN. The van der Waals surface area contributed by atoms with E-state index < -0.39 is 15.8 Å². The van der Waals surface area contributed by atoms with Gasteiger partial charge in [-0.25, -0.2) is 17.5 Å². The van der Waals surface area contributed by atoms with Crippen LogP contribution in [0.5, 0.6) is 0 Å². The Kier molecular flexibility index (Phi) is 6.49. The molecule has 0 amide bonds. The van der Waals surface area contributed by atoms with Crippen LogP contribution in [0.3, 0.4) is 0 Å². The van der Waals surface area contributed by atoms with Crippen LogP contribution in [0, 0.1) is 17.7 Å². The molecule has 0 aliphatic heterocycles. The summed E-state index contributed by atoms with van der Waals surface area (Å²) in [5.41, 5.74) is 5.37. The van der Waals surface area contributed by atoms with E-state index in [0.29, 0.717) is 6.54 Å². The molecule has 0 aliphatic rings. The summed E-state index contributed by atoms with van der Waals surface area (Å²) < 4.78 is 40.1. The smallest absolute Gasteiger partial charge is 0.241 e. The fourth-order valence-electron chi connectivity index (χ4n) is 1.37. The van der Waals surface area contributed by atoms with Crippen LogP contribution < -0.4 is 10.5 Å². The zero-order chi connectivity index (χ0) is 15.2. The number of rotatable bonds is 5. The van der Waals surface area contributed by atoms with Gasteiger partial charge in [0.05, 0.1) is 11.4 Å². The standard InChI is InChI=1S/C13H17FN2O2S2/c1-10(19-2)9-16-20(17,18)13-6-5-12(14)8-11(13)4-3-7-15/h5-6,8,10,16H,7,9,15H2,1-2H3. The van der Waals surface area contributed by atoms with Crippen LogP contribution in [0.1, 0.15) is 12.5 Å². The maximum Gasteiger partial charge on any atom is 0.241 e. The maximum absolute atomic E-state index is 13.2. The van der Waals surface area contributed by atoms with E-state index in [0.717, 1.165) is 12.1 Å². The van der Waals surface area contributed by atoms with Crippen LogP contribution >= 0.6 is 11.8 Å². The van der Waals surface area contributed by atoms with E-state index in [1.165, 1.54) is 6.07 Å². The first-order valence-corrected chi connectivity index (χ1v) is 8.68. The normalized spacial score (nSPS) is 12.6. The lowest BCUT2D eigenvalue weighted by Crippen LogP contribution is -2.30. The monoisotopic (exact) mass is 316 g/mol. The van der Waals surface area contributed by atoms with E-state index in [4.69, 9.17) is 5.73 Å². The largest absolute Gasteiger partial charge is 0.320 e. The number of hydrogen-bond acceptors (Lipinski definition) is 4. The van der Waals surface area contributed by atoms with Gasteiger partial charge in [-0.2, -0.15) is 11.8 Å². The maximum atomic E-state index is 13.2. The van der Waals surface area contributed by atoms with E-state index >= 15 is 0 Å². The molecule has 0 fully saturated rings. The third kappa shape index (κ3) is 4.80. The summed E-state index contributed by atoms with van der Waals surface area (Å²) >= 11 is 1.55. The molecule has 20 heavy (non-hydrogen) atoms. The first-order chi connectivity index (χ1) is 9.40. The molecular formula is C13H17FN2O2S2. The van der Waals surface area contributed by atoms with Gasteiger partial charge in [0, 0.05) is 17.4 Å². The summed E-state index contributed by atoms with van der Waals surface area (Å²) in [5, 5.41) is 0.142. The average molecular weight is 316 g/mol. The Hall–Kier alpha value is -1.07. The molecule has 3 N–H and O–H groups in total. The summed E-state index contributed by atoms with van der Waals surface area (Å²) in [4.78, 5) is -0.0341. The van der Waals surface area contributed by atoms with Gasteiger partial charge < -0.3 is 5.73 Å². The molecule has 1 aromatic rings. The highest BCUT2D eigenvalue weighted by Gasteiger charge is 2.18. The van der Waals surface area contributed by atoms with Crippen LogP contribution in [0.25, 0.3) is 0 Å². The highest BCUT2D eigenvalue weighted by atomic mass is 32.2. The van der Waals surface area contributed by atoms with E-state index in [9.17, 15) is 12.8 Å². The summed E-state index contributed by atoms with van der Waals surface area (Å²) in [6.45, 7) is 2.28. The van der Waals surface area contributed by atoms with E-state index in [-0.39, 0.29) is 22.3 Å². The van der Waals surface area contributed by atoms with E-state index in [1.54, 1.807) is 11.8 Å². The lowest BCUT2D eigenvalue weighted by Gasteiger charge is -2.11. The summed E-state index contributed by atoms with van der Waals surface area (Å²) in [7, 11) is -3.72. The van der Waals surface area contributed by atoms with Gasteiger partial charge in [-0.3, -0.25) is 0 Å². The summed E-state index contributed by atoms with van der Waals surface area (Å²) in [5.74, 6) is 4.58. The summed E-state index contributed by atoms with van der Waals surface area (Å²) in [6, 6.07) is 3.40. The van der Waals surface area contributed by atoms with Crippen LogP contribution in [0.15, 0.2) is 23.1 Å². The second-order valence-electron chi connectivity index (χ2n) is 4.04. The molecule has 0 aromatic heterocycles. The Morgan fingerprint density at radius 2 is 2.20 bits per heavy atom. The predicted octanol–water partition coefficient (Wildman–Crippen LogP) is 1.17. The van der Waals surface area contributed by atoms with Crippen molar-refractivity contribution in [1.29, 1.82) is 0 Å². The molecule has 7 heteroatoms. The second kappa shape index (κ2) is 7.64. The number of benzene rings is 1. The van der Waals surface area contributed by atoms with Crippen LogP contribution in [-0.2, 0) is 10.0 Å². The van der Waals surface area contributed by atoms with Gasteiger partial charge >= 0.3 is 0 Å². The zero-order valence-electron chi connectivity index (χ0n) is 11.3. The van der Waals surface area contributed by atoms with Crippen molar-refractivity contribution in [2.24, 2.45) is 5.73 Å². The molecule has 1 aromatic carbocycles. The topological polar surface area (TPSA) is 72.2 Å². The Labute approximate surface area is 123 Å². The second-order valence-corrected chi connectivity index (χ2v) is 7.06. The fraction of sp³-hybridized carbons (Fsp3) is 0.385. The summed E-state index contributed by atoms with van der Waals surface area (Å²) in [6.07, 6.45) is 1.90. The van der Waals surface area contributed by atoms with E-state index in [2.05, 4.69) is 16.6 Å². The first kappa shape index (κ1) is 17.0. The third-order valence-corrected chi connectivity index (χ3v) is 4.97. The molecule has 110 valence electrons. The molecule has 0 radical (unpaired) electrons. The van der Waals surface area contributed by atoms with Crippen LogP contribution in [0.2, 0.25) is 0 Å². The van der Waals surface area contributed by atoms with Crippen molar-refractivity contribution in [2.75, 3.05) is 19.3 Å². The number of halogens is 1. The molecule has 1 rings (SSSR count). The van der Waals surface area contributed by atoms with Crippen molar-refractivity contribution in [1.82, 2.24) is 4.72 Å². The number of thioether (sulfide) groups is 1. The predicted molar refractivity (Wildman–Crippen MR) is 80.5 cm³/mol. The number of nitrogens with two attached hydrogens (primary N) is 1. The Balaban J connectivity index is 3.11. The molecule has 1 atom stereocenters. The number of nitrogens with one attached hydrogen (secondary N) is 1. The van der Waals surface area contributed by atoms with Gasteiger partial charge in [0.2, 0.25) is 10.0 Å². The van der Waals surface area contributed by atoms with Crippen molar-refractivity contribution >= 4 is 21.8 Å². The molecule has 0 spiro atoms. The van der Waals surface area contributed by atoms with Crippen LogP contribution in [-0.4, -0.2) is 33.0 Å². The van der Waals surface area contributed by atoms with Crippen molar-refractivity contribution in [3.05, 3.63) is 29.6 Å². The Morgan fingerprint density at radius 3 is 2.80 bits per heavy atom. The van der Waals surface area contributed by atoms with Crippen LogP contribution in [0.4, 0.5) is 4.39 Å². The third-order valence-electron chi connectivity index (χ3n) is 2.52. The lowest BCUT2D eigenvalue weighted by molar-refractivity contribution is 0.580. The minimum Gasteiger partial charge on any atom is -0.320 e. The Morgan fingerprint density at radius 1 is 1.50 bits per heavy atom. The van der Waals surface area contributed by atoms with Crippen molar-refractivity contribution in [3.8, 4) is 11.8 Å².